The Hall–Kier alpha value is -5.21. The molecule has 0 bridgehead atoms. The molecular formula is C30H25F7N6O2. The standard InChI is InChI=1S/C28H24F4N6.C2HF3O2/c1-3-16-7-10-23(29)22(13-16)24(35-20-8-9-21-17(15-20)11-12-34-25(21)33)27-36-26(37-38(27)2)18-5-4-6-19(14-18)28(30,31)32;3-2(4,5)1(6)7/h4-15,24,35H,3H2,1-2H3,(H2,33,34);(H,6,7). The number of hydrogen-bond donors (Lipinski definition) is 3. The van der Waals surface area contributed by atoms with Crippen LogP contribution in [0, 0.1) is 5.82 Å². The molecular weight excluding hydrogens is 609 g/mol. The van der Waals surface area contributed by atoms with E-state index in [1.807, 2.05) is 25.1 Å². The highest BCUT2D eigenvalue weighted by molar-refractivity contribution is 5.93. The highest BCUT2D eigenvalue weighted by atomic mass is 19.4. The molecule has 1 unspecified atom stereocenters. The van der Waals surface area contributed by atoms with Crippen molar-refractivity contribution in [1.82, 2.24) is 19.7 Å². The Bertz CT molecular complexity index is 1840. The van der Waals surface area contributed by atoms with Crippen molar-refractivity contribution in [3.63, 3.8) is 0 Å². The molecule has 0 saturated heterocycles. The summed E-state index contributed by atoms with van der Waals surface area (Å²) >= 11 is 0. The van der Waals surface area contributed by atoms with Crippen LogP contribution in [-0.2, 0) is 24.4 Å². The number of halogens is 7. The second-order valence-corrected chi connectivity index (χ2v) is 9.72. The average Bonchev–Trinajstić information content (AvgIpc) is 3.37. The maximum atomic E-state index is 15.2. The number of hydrogen-bond acceptors (Lipinski definition) is 6. The molecule has 2 aromatic heterocycles. The zero-order valence-electron chi connectivity index (χ0n) is 23.6. The Labute approximate surface area is 251 Å². The van der Waals surface area contributed by atoms with Gasteiger partial charge in [0.2, 0.25) is 0 Å². The summed E-state index contributed by atoms with van der Waals surface area (Å²) in [5.74, 6) is -2.37. The van der Waals surface area contributed by atoms with E-state index >= 15 is 4.39 Å². The van der Waals surface area contributed by atoms with E-state index in [0.29, 0.717) is 29.3 Å². The lowest BCUT2D eigenvalue weighted by atomic mass is 10.0. The Kier molecular flexibility index (Phi) is 9.30. The van der Waals surface area contributed by atoms with Crippen molar-refractivity contribution in [3.8, 4) is 11.4 Å². The van der Waals surface area contributed by atoms with Crippen molar-refractivity contribution in [2.45, 2.75) is 31.7 Å². The molecule has 0 spiro atoms. The number of rotatable bonds is 6. The molecule has 0 saturated carbocycles. The summed E-state index contributed by atoms with van der Waals surface area (Å²) in [6, 6.07) is 16.2. The number of aliphatic carboxylic acids is 1. The number of aromatic nitrogens is 4. The molecule has 15 heteroatoms. The maximum Gasteiger partial charge on any atom is 0.490 e. The molecule has 45 heavy (non-hydrogen) atoms. The van der Waals surface area contributed by atoms with Gasteiger partial charge in [-0.1, -0.05) is 31.2 Å². The van der Waals surface area contributed by atoms with Crippen molar-refractivity contribution < 1.29 is 40.6 Å². The van der Waals surface area contributed by atoms with E-state index in [2.05, 4.69) is 20.4 Å². The van der Waals surface area contributed by atoms with E-state index in [0.717, 1.165) is 28.5 Å². The first-order valence-electron chi connectivity index (χ1n) is 13.2. The van der Waals surface area contributed by atoms with Gasteiger partial charge >= 0.3 is 18.3 Å². The Morgan fingerprint density at radius 1 is 1.02 bits per heavy atom. The highest BCUT2D eigenvalue weighted by Gasteiger charge is 2.38. The normalized spacial score (nSPS) is 12.4. The van der Waals surface area contributed by atoms with Crippen molar-refractivity contribution in [2.75, 3.05) is 11.1 Å². The quantitative estimate of drug-likeness (QED) is 0.170. The second-order valence-electron chi connectivity index (χ2n) is 9.72. The maximum absolute atomic E-state index is 15.2. The number of nitrogens with zero attached hydrogens (tertiary/aromatic N) is 4. The molecule has 236 valence electrons. The number of aryl methyl sites for hydroxylation is 2. The van der Waals surface area contributed by atoms with E-state index in [1.54, 1.807) is 31.4 Å². The number of alkyl halides is 6. The SMILES string of the molecule is CCc1ccc(F)c(C(Nc2ccc3c(N)nccc3c2)c2nc(-c3cccc(C(F)(F)F)c3)nn2C)c1.O=C(O)C(F)(F)F. The topological polar surface area (TPSA) is 119 Å². The molecule has 5 rings (SSSR count). The van der Waals surface area contributed by atoms with Crippen LogP contribution in [0.4, 0.5) is 42.2 Å². The third kappa shape index (κ3) is 7.66. The Balaban J connectivity index is 0.000000591. The lowest BCUT2D eigenvalue weighted by Crippen LogP contribution is -2.21. The lowest BCUT2D eigenvalue weighted by Gasteiger charge is -2.21. The number of carboxylic acid groups (broad SMARTS) is 1. The molecule has 0 fully saturated rings. The molecule has 4 N–H and O–H groups in total. The van der Waals surface area contributed by atoms with Gasteiger partial charge in [-0.3, -0.25) is 4.68 Å². The van der Waals surface area contributed by atoms with Crippen molar-refractivity contribution >= 4 is 28.2 Å². The van der Waals surface area contributed by atoms with Crippen LogP contribution in [0.1, 0.15) is 35.5 Å². The predicted molar refractivity (Wildman–Crippen MR) is 153 cm³/mol. The van der Waals surface area contributed by atoms with Crippen LogP contribution in [0.3, 0.4) is 0 Å². The largest absolute Gasteiger partial charge is 0.490 e. The van der Waals surface area contributed by atoms with Crippen LogP contribution >= 0.6 is 0 Å². The number of nitrogens with one attached hydrogen (secondary N) is 1. The van der Waals surface area contributed by atoms with Gasteiger partial charge in [-0.15, -0.1) is 0 Å². The van der Waals surface area contributed by atoms with Gasteiger partial charge in [-0.25, -0.2) is 19.2 Å². The summed E-state index contributed by atoms with van der Waals surface area (Å²) in [5.41, 5.74) is 7.31. The number of carbonyl (C=O) groups is 1. The predicted octanol–water partition coefficient (Wildman–Crippen LogP) is 7.17. The van der Waals surface area contributed by atoms with Gasteiger partial charge in [0.05, 0.1) is 5.56 Å². The van der Waals surface area contributed by atoms with E-state index < -0.39 is 35.7 Å². The van der Waals surface area contributed by atoms with Crippen molar-refractivity contribution in [1.29, 1.82) is 0 Å². The average molecular weight is 635 g/mol. The molecule has 2 heterocycles. The summed E-state index contributed by atoms with van der Waals surface area (Å²) in [6.45, 7) is 1.97. The zero-order chi connectivity index (χ0) is 33.1. The van der Waals surface area contributed by atoms with Crippen LogP contribution in [0.25, 0.3) is 22.2 Å². The van der Waals surface area contributed by atoms with Gasteiger partial charge in [0.25, 0.3) is 0 Å². The summed E-state index contributed by atoms with van der Waals surface area (Å²) in [7, 11) is 1.63. The van der Waals surface area contributed by atoms with Gasteiger partial charge < -0.3 is 16.2 Å². The van der Waals surface area contributed by atoms with Crippen LogP contribution in [-0.4, -0.2) is 37.0 Å². The van der Waals surface area contributed by atoms with Crippen LogP contribution < -0.4 is 11.1 Å². The molecule has 5 aromatic rings. The minimum Gasteiger partial charge on any atom is -0.475 e. The fourth-order valence-electron chi connectivity index (χ4n) is 4.38. The number of carboxylic acids is 1. The number of nitrogens with two attached hydrogens (primary N) is 1. The number of fused-ring (bicyclic) bond motifs is 1. The smallest absolute Gasteiger partial charge is 0.475 e. The molecule has 0 radical (unpaired) electrons. The molecule has 0 amide bonds. The van der Waals surface area contributed by atoms with Gasteiger partial charge in [0, 0.05) is 35.4 Å². The summed E-state index contributed by atoms with van der Waals surface area (Å²) in [6.07, 6.45) is -7.29. The molecule has 0 aliphatic heterocycles. The molecule has 0 aliphatic carbocycles. The summed E-state index contributed by atoms with van der Waals surface area (Å²) in [4.78, 5) is 17.6. The Morgan fingerprint density at radius 3 is 2.38 bits per heavy atom. The third-order valence-corrected chi connectivity index (χ3v) is 6.63. The number of pyridine rings is 1. The van der Waals surface area contributed by atoms with Crippen LogP contribution in [0.5, 0.6) is 0 Å². The van der Waals surface area contributed by atoms with E-state index in [1.165, 1.54) is 22.9 Å². The number of benzene rings is 3. The van der Waals surface area contributed by atoms with E-state index in [-0.39, 0.29) is 11.4 Å². The third-order valence-electron chi connectivity index (χ3n) is 6.63. The molecule has 8 nitrogen and oxygen atoms in total. The highest BCUT2D eigenvalue weighted by Crippen LogP contribution is 2.34. The first kappa shape index (κ1) is 32.7. The van der Waals surface area contributed by atoms with Crippen LogP contribution in [0.2, 0.25) is 0 Å². The fraction of sp³-hybridized carbons (Fsp3) is 0.200. The molecule has 1 atom stereocenters. The van der Waals surface area contributed by atoms with Crippen molar-refractivity contribution in [3.05, 3.63) is 101 Å². The molecule has 3 aromatic carbocycles. The van der Waals surface area contributed by atoms with Crippen LogP contribution in [0.15, 0.2) is 72.9 Å². The van der Waals surface area contributed by atoms with E-state index in [4.69, 9.17) is 15.6 Å². The number of anilines is 2. The molecule has 0 aliphatic rings. The summed E-state index contributed by atoms with van der Waals surface area (Å²) in [5, 5.41) is 16.5. The minimum absolute atomic E-state index is 0.102. The van der Waals surface area contributed by atoms with Gasteiger partial charge in [0.15, 0.2) is 11.6 Å². The zero-order valence-corrected chi connectivity index (χ0v) is 23.6. The minimum atomic E-state index is -5.08. The second kappa shape index (κ2) is 12.8. The van der Waals surface area contributed by atoms with Gasteiger partial charge in [-0.2, -0.15) is 31.4 Å². The lowest BCUT2D eigenvalue weighted by molar-refractivity contribution is -0.192. The van der Waals surface area contributed by atoms with E-state index in [9.17, 15) is 26.3 Å². The van der Waals surface area contributed by atoms with Gasteiger partial charge in [0.1, 0.15) is 17.7 Å². The first-order valence-corrected chi connectivity index (χ1v) is 13.2. The Morgan fingerprint density at radius 2 is 1.73 bits per heavy atom. The monoisotopic (exact) mass is 634 g/mol. The summed E-state index contributed by atoms with van der Waals surface area (Å²) < 4.78 is 88.3. The first-order chi connectivity index (χ1) is 21.1. The number of nitrogen functional groups attached to an aromatic ring is 1. The fourth-order valence-corrected chi connectivity index (χ4v) is 4.38. The van der Waals surface area contributed by atoms with Crippen molar-refractivity contribution in [2.24, 2.45) is 7.05 Å². The van der Waals surface area contributed by atoms with Gasteiger partial charge in [-0.05, 0) is 59.8 Å².